The van der Waals surface area contributed by atoms with Crippen LogP contribution in [0.4, 0.5) is 0 Å². The van der Waals surface area contributed by atoms with Crippen molar-refractivity contribution in [3.8, 4) is 11.5 Å². The summed E-state index contributed by atoms with van der Waals surface area (Å²) in [6.07, 6.45) is 0. The molecule has 102 valence electrons. The van der Waals surface area contributed by atoms with E-state index in [9.17, 15) is 15.3 Å². The molecule has 2 rings (SSSR count). The Hall–Kier alpha value is -1.01. The molecule has 0 aromatic heterocycles. The van der Waals surface area contributed by atoms with E-state index in [0.29, 0.717) is 5.56 Å². The molecule has 1 aliphatic heterocycles. The van der Waals surface area contributed by atoms with Gasteiger partial charge in [0, 0.05) is 31.7 Å². The molecule has 1 heterocycles. The number of nitrogens with zero attached hydrogens (tertiary/aromatic N) is 1. The second kappa shape index (κ2) is 6.80. The number of phenolic OH excluding ortho intramolecular Hbond substituents is 2. The molecular weight excluding hydrogens is 256 g/mol. The van der Waals surface area contributed by atoms with Gasteiger partial charge in [-0.25, -0.2) is 0 Å². The average Bonchev–Trinajstić information content (AvgIpc) is 2.36. The summed E-state index contributed by atoms with van der Waals surface area (Å²) in [5, 5.41) is 32.0. The molecule has 0 spiro atoms. The molecule has 1 aliphatic rings. The maximum atomic E-state index is 9.80. The molecule has 6 heteroatoms. The standard InChI is InChI=1S/C12H18N2O3.ClH/c15-8-11(14-5-3-13-4-6-14)10-7-9(16)1-2-12(10)17;/h1-2,7,11,13,15-17H,3-6,8H2;1H/t11-;/m1./s1. The maximum Gasteiger partial charge on any atom is 0.120 e. The monoisotopic (exact) mass is 274 g/mol. The molecule has 1 fully saturated rings. The number of aromatic hydroxyl groups is 2. The number of hydrogen-bond donors (Lipinski definition) is 4. The van der Waals surface area contributed by atoms with Crippen LogP contribution in [0.15, 0.2) is 18.2 Å². The summed E-state index contributed by atoms with van der Waals surface area (Å²) in [6, 6.07) is 4.14. The van der Waals surface area contributed by atoms with Crippen molar-refractivity contribution < 1.29 is 15.3 Å². The zero-order valence-corrected chi connectivity index (χ0v) is 10.9. The Morgan fingerprint density at radius 1 is 1.22 bits per heavy atom. The minimum atomic E-state index is -0.260. The van der Waals surface area contributed by atoms with Gasteiger partial charge in [-0.05, 0) is 18.2 Å². The molecule has 0 bridgehead atoms. The van der Waals surface area contributed by atoms with Crippen LogP contribution in [0.25, 0.3) is 0 Å². The van der Waals surface area contributed by atoms with Crippen molar-refractivity contribution in [2.75, 3.05) is 32.8 Å². The largest absolute Gasteiger partial charge is 0.508 e. The summed E-state index contributed by atoms with van der Waals surface area (Å²) in [4.78, 5) is 2.10. The number of hydrogen-bond acceptors (Lipinski definition) is 5. The van der Waals surface area contributed by atoms with E-state index in [1.807, 2.05) is 0 Å². The lowest BCUT2D eigenvalue weighted by atomic mass is 10.0. The zero-order valence-electron chi connectivity index (χ0n) is 10.0. The number of nitrogens with one attached hydrogen (secondary N) is 1. The van der Waals surface area contributed by atoms with Gasteiger partial charge in [0.1, 0.15) is 11.5 Å². The third-order valence-corrected chi connectivity index (χ3v) is 3.14. The molecule has 1 aromatic carbocycles. The lowest BCUT2D eigenvalue weighted by Gasteiger charge is -2.34. The number of rotatable bonds is 3. The first-order valence-corrected chi connectivity index (χ1v) is 5.80. The molecule has 4 N–H and O–H groups in total. The first-order valence-electron chi connectivity index (χ1n) is 5.80. The highest BCUT2D eigenvalue weighted by molar-refractivity contribution is 5.85. The van der Waals surface area contributed by atoms with Crippen LogP contribution in [0.1, 0.15) is 11.6 Å². The van der Waals surface area contributed by atoms with Gasteiger partial charge in [0.15, 0.2) is 0 Å². The summed E-state index contributed by atoms with van der Waals surface area (Å²) >= 11 is 0. The Labute approximate surface area is 112 Å². The minimum absolute atomic E-state index is 0. The van der Waals surface area contributed by atoms with Crippen molar-refractivity contribution in [1.82, 2.24) is 10.2 Å². The predicted octanol–water partition coefficient (Wildman–Crippen LogP) is 0.458. The molecular formula is C12H19ClN2O3. The van der Waals surface area contributed by atoms with E-state index in [4.69, 9.17) is 0 Å². The first-order chi connectivity index (χ1) is 8.22. The normalized spacial score (nSPS) is 18.1. The molecule has 0 aliphatic carbocycles. The van der Waals surface area contributed by atoms with Crippen molar-refractivity contribution in [2.45, 2.75) is 6.04 Å². The number of aliphatic hydroxyl groups excluding tert-OH is 1. The number of phenols is 2. The maximum absolute atomic E-state index is 9.80. The lowest BCUT2D eigenvalue weighted by Crippen LogP contribution is -2.46. The molecule has 1 saturated heterocycles. The number of benzene rings is 1. The quantitative estimate of drug-likeness (QED) is 0.603. The van der Waals surface area contributed by atoms with Crippen molar-refractivity contribution in [1.29, 1.82) is 0 Å². The van der Waals surface area contributed by atoms with Crippen LogP contribution >= 0.6 is 12.4 Å². The van der Waals surface area contributed by atoms with Crippen molar-refractivity contribution in [3.05, 3.63) is 23.8 Å². The number of halogens is 1. The number of aliphatic hydroxyl groups is 1. The van der Waals surface area contributed by atoms with E-state index in [-0.39, 0.29) is 36.6 Å². The summed E-state index contributed by atoms with van der Waals surface area (Å²) in [5.41, 5.74) is 0.578. The summed E-state index contributed by atoms with van der Waals surface area (Å²) in [7, 11) is 0. The molecule has 18 heavy (non-hydrogen) atoms. The van der Waals surface area contributed by atoms with Crippen molar-refractivity contribution >= 4 is 12.4 Å². The molecule has 0 amide bonds. The third kappa shape index (κ3) is 3.26. The molecule has 1 aromatic rings. The Bertz CT molecular complexity index is 384. The van der Waals surface area contributed by atoms with Crippen LogP contribution in [0.3, 0.4) is 0 Å². The van der Waals surface area contributed by atoms with Gasteiger partial charge in [0.25, 0.3) is 0 Å². The van der Waals surface area contributed by atoms with Gasteiger partial charge in [-0.3, -0.25) is 4.90 Å². The van der Waals surface area contributed by atoms with E-state index < -0.39 is 0 Å². The minimum Gasteiger partial charge on any atom is -0.508 e. The molecule has 1 atom stereocenters. The molecule has 0 saturated carbocycles. The van der Waals surface area contributed by atoms with Gasteiger partial charge in [-0.15, -0.1) is 12.4 Å². The van der Waals surface area contributed by atoms with Crippen LogP contribution in [-0.4, -0.2) is 53.0 Å². The second-order valence-corrected chi connectivity index (χ2v) is 4.23. The summed E-state index contributed by atoms with van der Waals surface area (Å²) in [6.45, 7) is 3.31. The van der Waals surface area contributed by atoms with Crippen molar-refractivity contribution in [3.63, 3.8) is 0 Å². The van der Waals surface area contributed by atoms with Gasteiger partial charge in [-0.2, -0.15) is 0 Å². The Morgan fingerprint density at radius 2 is 1.89 bits per heavy atom. The van der Waals surface area contributed by atoms with E-state index in [1.54, 1.807) is 0 Å². The fourth-order valence-electron chi connectivity index (χ4n) is 2.21. The fraction of sp³-hybridized carbons (Fsp3) is 0.500. The van der Waals surface area contributed by atoms with E-state index in [0.717, 1.165) is 26.2 Å². The first kappa shape index (κ1) is 15.0. The highest BCUT2D eigenvalue weighted by atomic mass is 35.5. The average molecular weight is 275 g/mol. The van der Waals surface area contributed by atoms with E-state index >= 15 is 0 Å². The van der Waals surface area contributed by atoms with Crippen LogP contribution < -0.4 is 5.32 Å². The lowest BCUT2D eigenvalue weighted by molar-refractivity contribution is 0.109. The molecule has 0 unspecified atom stereocenters. The van der Waals surface area contributed by atoms with E-state index in [1.165, 1.54) is 18.2 Å². The third-order valence-electron chi connectivity index (χ3n) is 3.14. The number of piperazine rings is 1. The smallest absolute Gasteiger partial charge is 0.120 e. The predicted molar refractivity (Wildman–Crippen MR) is 71.3 cm³/mol. The van der Waals surface area contributed by atoms with Crippen LogP contribution in [0.2, 0.25) is 0 Å². The van der Waals surface area contributed by atoms with Crippen LogP contribution in [-0.2, 0) is 0 Å². The van der Waals surface area contributed by atoms with Crippen molar-refractivity contribution in [2.24, 2.45) is 0 Å². The fourth-order valence-corrected chi connectivity index (χ4v) is 2.21. The van der Waals surface area contributed by atoms with Crippen LogP contribution in [0, 0.1) is 0 Å². The van der Waals surface area contributed by atoms with Gasteiger partial charge < -0.3 is 20.6 Å². The topological polar surface area (TPSA) is 76.0 Å². The Balaban J connectivity index is 0.00000162. The Kier molecular flexibility index (Phi) is 5.68. The molecule has 5 nitrogen and oxygen atoms in total. The second-order valence-electron chi connectivity index (χ2n) is 4.23. The van der Waals surface area contributed by atoms with Gasteiger partial charge in [0.2, 0.25) is 0 Å². The van der Waals surface area contributed by atoms with Gasteiger partial charge in [-0.1, -0.05) is 0 Å². The Morgan fingerprint density at radius 3 is 2.50 bits per heavy atom. The highest BCUT2D eigenvalue weighted by Crippen LogP contribution is 2.31. The van der Waals surface area contributed by atoms with Crippen LogP contribution in [0.5, 0.6) is 11.5 Å². The zero-order chi connectivity index (χ0) is 12.3. The van der Waals surface area contributed by atoms with E-state index in [2.05, 4.69) is 10.2 Å². The molecule has 0 radical (unpaired) electrons. The van der Waals surface area contributed by atoms with Gasteiger partial charge >= 0.3 is 0 Å². The SMILES string of the molecule is Cl.OC[C@H](c1cc(O)ccc1O)N1CCNCC1. The highest BCUT2D eigenvalue weighted by Gasteiger charge is 2.23. The summed E-state index contributed by atoms with van der Waals surface area (Å²) < 4.78 is 0. The van der Waals surface area contributed by atoms with Gasteiger partial charge in [0.05, 0.1) is 12.6 Å². The summed E-state index contributed by atoms with van der Waals surface area (Å²) in [5.74, 6) is 0.215.